The molecule has 6 saturated carbocycles. The molecule has 2 N–H and O–H groups in total. The number of phenols is 2. The van der Waals surface area contributed by atoms with Crippen molar-refractivity contribution in [1.29, 1.82) is 0 Å². The highest BCUT2D eigenvalue weighted by atomic mass is 16.7. The second kappa shape index (κ2) is 52.1. The average Bonchev–Trinajstić information content (AvgIpc) is 1.60. The Labute approximate surface area is 885 Å². The van der Waals surface area contributed by atoms with Gasteiger partial charge in [0.2, 0.25) is 12.6 Å². The van der Waals surface area contributed by atoms with Gasteiger partial charge in [-0.1, -0.05) is 387 Å². The van der Waals surface area contributed by atoms with Crippen molar-refractivity contribution in [1.82, 2.24) is 0 Å². The van der Waals surface area contributed by atoms with Crippen molar-refractivity contribution in [2.45, 2.75) is 359 Å². The zero-order chi connectivity index (χ0) is 106. The van der Waals surface area contributed by atoms with E-state index in [0.717, 1.165) is 107 Å². The summed E-state index contributed by atoms with van der Waals surface area (Å²) in [5.41, 5.74) is 12.9. The monoisotopic (exact) mass is 1980 g/mol. The molecular formula is C137H178O10. The number of phenolic OH excluding ortho intramolecular Hbond substituents is 2. The van der Waals surface area contributed by atoms with E-state index < -0.39 is 22.0 Å². The lowest BCUT2D eigenvalue weighted by Crippen LogP contribution is -2.38. The Hall–Kier alpha value is -10.8. The van der Waals surface area contributed by atoms with E-state index in [1.165, 1.54) is 143 Å². The summed E-state index contributed by atoms with van der Waals surface area (Å²) in [5, 5.41) is 23.8. The van der Waals surface area contributed by atoms with E-state index in [9.17, 15) is 9.59 Å². The first kappa shape index (κ1) is 113. The van der Waals surface area contributed by atoms with Crippen LogP contribution in [0.3, 0.4) is 0 Å². The smallest absolute Gasteiger partial charge is 0.312 e. The molecule has 20 unspecified atom stereocenters. The van der Waals surface area contributed by atoms with Gasteiger partial charge in [-0.2, -0.15) is 0 Å². The van der Waals surface area contributed by atoms with Crippen LogP contribution in [-0.4, -0.2) is 46.9 Å². The molecule has 8 aliphatic carbocycles. The van der Waals surface area contributed by atoms with E-state index in [4.69, 9.17) is 38.6 Å². The first-order valence-corrected chi connectivity index (χ1v) is 56.7. The predicted molar refractivity (Wildman–Crippen MR) is 611 cm³/mol. The van der Waals surface area contributed by atoms with Gasteiger partial charge in [0, 0.05) is 23.0 Å². The van der Waals surface area contributed by atoms with Gasteiger partial charge < -0.3 is 38.6 Å². The van der Waals surface area contributed by atoms with Crippen LogP contribution in [0.15, 0.2) is 291 Å². The summed E-state index contributed by atoms with van der Waals surface area (Å²) >= 11 is 0. The Morgan fingerprint density at radius 2 is 0.592 bits per heavy atom. The molecule has 12 aromatic carbocycles. The van der Waals surface area contributed by atoms with E-state index in [2.05, 4.69) is 239 Å². The van der Waals surface area contributed by atoms with Crippen molar-refractivity contribution in [3.05, 3.63) is 358 Å². The molecule has 0 aliphatic heterocycles. The minimum absolute atomic E-state index is 0.131. The maximum atomic E-state index is 12.8. The number of carbonyl (C=O) groups is 2. The van der Waals surface area contributed by atoms with Gasteiger partial charge in [0.25, 0.3) is 0 Å². The second-order valence-electron chi connectivity index (χ2n) is 46.3. The third kappa shape index (κ3) is 27.3. The van der Waals surface area contributed by atoms with Crippen LogP contribution in [0.1, 0.15) is 389 Å². The van der Waals surface area contributed by atoms with Crippen LogP contribution in [0, 0.1) is 70.0 Å². The lowest BCUT2D eigenvalue weighted by Gasteiger charge is -2.36. The van der Waals surface area contributed by atoms with E-state index in [1.54, 1.807) is 24.3 Å². The average molecular weight is 1980 g/mol. The van der Waals surface area contributed by atoms with Crippen LogP contribution in [0.25, 0.3) is 21.5 Å². The highest BCUT2D eigenvalue weighted by molar-refractivity contribution is 5.93. The van der Waals surface area contributed by atoms with Gasteiger partial charge in [0.15, 0.2) is 11.2 Å². The minimum atomic E-state index is -0.786. The molecule has 10 nitrogen and oxygen atoms in total. The first-order valence-electron chi connectivity index (χ1n) is 56.7. The fourth-order valence-electron chi connectivity index (χ4n) is 24.2. The number of hydrogen-bond acceptors (Lipinski definition) is 10. The van der Waals surface area contributed by atoms with E-state index >= 15 is 0 Å². The zero-order valence-electron chi connectivity index (χ0n) is 93.6. The predicted octanol–water partition coefficient (Wildman–Crippen LogP) is 37.0. The zero-order valence-corrected chi connectivity index (χ0v) is 93.6. The van der Waals surface area contributed by atoms with Crippen LogP contribution < -0.4 is 9.47 Å². The number of carbonyl (C=O) groups excluding carboxylic acids is 2. The quantitative estimate of drug-likeness (QED) is 0.0345. The van der Waals surface area contributed by atoms with Crippen molar-refractivity contribution in [3.63, 3.8) is 0 Å². The maximum Gasteiger partial charge on any atom is 0.312 e. The second-order valence-corrected chi connectivity index (χ2v) is 46.3. The van der Waals surface area contributed by atoms with Crippen LogP contribution >= 0.6 is 0 Å². The van der Waals surface area contributed by atoms with E-state index in [0.29, 0.717) is 89.3 Å². The minimum Gasteiger partial charge on any atom is -0.508 e. The molecule has 4 bridgehead atoms. The van der Waals surface area contributed by atoms with Crippen molar-refractivity contribution >= 4 is 33.5 Å². The number of aromatic hydroxyl groups is 2. The summed E-state index contributed by atoms with van der Waals surface area (Å²) in [4.78, 5) is 25.4. The third-order valence-corrected chi connectivity index (χ3v) is 35.7. The largest absolute Gasteiger partial charge is 0.508 e. The Balaban J connectivity index is 0.000000143. The lowest BCUT2D eigenvalue weighted by molar-refractivity contribution is -0.168. The molecule has 20 atom stereocenters. The van der Waals surface area contributed by atoms with E-state index in [-0.39, 0.29) is 24.5 Å². The van der Waals surface area contributed by atoms with Crippen LogP contribution in [0.4, 0.5) is 0 Å². The molecule has 786 valence electrons. The molecular weight excluding hydrogens is 1810 g/mol. The standard InChI is InChI=1S/2C24H36O2.C21H26O2.C20H24O2.2C14H14.2C10H14O/c2*1-5-16(4)17-9-11-19(12-10-17)25-24(15(2)3)26-23-14-18-13-22(23)21-8-6-7-20(18)21;1-5-20(3,4)19(22)23-21(6-2,17-13-9-7-10-14-17)18-15-11-8-12-16-18;1-5-19(2,3)18(21)22-20(4,16-12-8-6-9-13-16)17-14-10-7-11-15-17;2*1-9-10(2)13-8-4-6-11-5-3-7-12(9)14(11)13;2*1-3-8(2)9-4-6-10(11)7-5-9/h2*9-12,15-16,18,20-24H,5-8,13-14H2,1-4H3;7-16H,5-6H2,1-4H3;6-15H,5H2,1-4H3;2*3-10H,1-2H3;2*4-8,11H,3H2,1-2H3. The molecule has 147 heavy (non-hydrogen) atoms. The van der Waals surface area contributed by atoms with Crippen LogP contribution in [0.2, 0.25) is 0 Å². The van der Waals surface area contributed by atoms with Gasteiger partial charge in [0.05, 0.1) is 23.0 Å². The van der Waals surface area contributed by atoms with Gasteiger partial charge in [-0.3, -0.25) is 9.59 Å². The van der Waals surface area contributed by atoms with Gasteiger partial charge >= 0.3 is 11.9 Å². The maximum absolute atomic E-state index is 12.8. The molecule has 8 aliphatic rings. The highest BCUT2D eigenvalue weighted by Crippen LogP contribution is 2.62. The topological polar surface area (TPSA) is 130 Å². The van der Waals surface area contributed by atoms with Gasteiger partial charge in [-0.25, -0.2) is 0 Å². The molecule has 0 spiro atoms. The molecule has 0 saturated heterocycles. The van der Waals surface area contributed by atoms with Gasteiger partial charge in [-0.15, -0.1) is 0 Å². The van der Waals surface area contributed by atoms with Crippen molar-refractivity contribution in [2.75, 3.05) is 0 Å². The molecule has 0 radical (unpaired) electrons. The Bertz CT molecular complexity index is 5610. The molecule has 6 fully saturated rings. The number of hydrogen-bond donors (Lipinski definition) is 2. The van der Waals surface area contributed by atoms with Crippen molar-refractivity contribution < 1.29 is 48.2 Å². The number of ether oxygens (including phenoxy) is 6. The summed E-state index contributed by atoms with van der Waals surface area (Å²) < 4.78 is 38.0. The summed E-state index contributed by atoms with van der Waals surface area (Å²) in [5.74, 6) is 15.5. The summed E-state index contributed by atoms with van der Waals surface area (Å²) in [7, 11) is 0. The molecule has 10 heteroatoms. The highest BCUT2D eigenvalue weighted by Gasteiger charge is 2.57. The summed E-state index contributed by atoms with van der Waals surface area (Å²) in [6.07, 6.45) is 21.5. The number of esters is 2. The lowest BCUT2D eigenvalue weighted by atomic mass is 9.80. The Kier molecular flexibility index (Phi) is 40.2. The molecule has 0 amide bonds. The van der Waals surface area contributed by atoms with Crippen LogP contribution in [0.5, 0.6) is 23.0 Å². The Morgan fingerprint density at radius 3 is 0.871 bits per heavy atom. The molecule has 20 rings (SSSR count). The SMILES string of the molecule is CC1c2cccc3cccc(c23)C1C.CC1c2cccc3cccc(c23)C1C.CCC(C)(C)C(=O)OC(C)(c1ccccc1)c1ccccc1.CCC(C)(C)C(=O)OC(CC)(c1ccccc1)c1ccccc1.CCC(C)c1ccc(O)cc1.CCC(C)c1ccc(O)cc1.CCC(C)c1ccc(OC(OC2CC3CC2C2CCCC32)C(C)C)cc1.CCC(C)c1ccc(OC(OC2CC3CC2C2CCCC32)C(C)C)cc1. The summed E-state index contributed by atoms with van der Waals surface area (Å²) in [6.45, 7) is 51.7. The normalized spacial score (nSPS) is 22.6. The molecule has 0 aromatic heterocycles. The number of fused-ring (bicyclic) bond motifs is 10. The van der Waals surface area contributed by atoms with Gasteiger partial charge in [-0.05, 0) is 351 Å². The van der Waals surface area contributed by atoms with Gasteiger partial charge in [0.1, 0.15) is 23.0 Å². The summed E-state index contributed by atoms with van der Waals surface area (Å²) in [6, 6.07) is 98.7. The fourth-order valence-corrected chi connectivity index (χ4v) is 24.2. The van der Waals surface area contributed by atoms with Crippen molar-refractivity contribution in [2.24, 2.45) is 70.0 Å². The van der Waals surface area contributed by atoms with Crippen molar-refractivity contribution in [3.8, 4) is 23.0 Å². The molecule has 12 aromatic rings. The number of rotatable bonds is 29. The third-order valence-electron chi connectivity index (χ3n) is 35.7. The van der Waals surface area contributed by atoms with E-state index in [1.807, 2.05) is 194 Å². The van der Waals surface area contributed by atoms with Crippen LogP contribution in [-0.2, 0) is 39.7 Å². The number of benzene rings is 12. The fraction of sp³-hybridized carbons (Fsp3) is 0.489. The molecule has 0 heterocycles. The Morgan fingerprint density at radius 1 is 0.313 bits per heavy atom. The first-order chi connectivity index (χ1) is 70.5.